The van der Waals surface area contributed by atoms with Crippen LogP contribution in [0.25, 0.3) is 0 Å². The Morgan fingerprint density at radius 3 is 2.76 bits per heavy atom. The number of hydrogen-bond donors (Lipinski definition) is 2. The molecule has 0 saturated carbocycles. The largest absolute Gasteiger partial charge is 0.351 e. The first-order chi connectivity index (χ1) is 10.1. The van der Waals surface area contributed by atoms with E-state index < -0.39 is 0 Å². The number of rotatable bonds is 5. The van der Waals surface area contributed by atoms with Crippen molar-refractivity contribution >= 4 is 44.8 Å². The van der Waals surface area contributed by atoms with Gasteiger partial charge in [0.05, 0.1) is 10.6 Å². The lowest BCUT2D eigenvalue weighted by atomic mass is 10.2. The van der Waals surface area contributed by atoms with Crippen molar-refractivity contribution < 1.29 is 9.59 Å². The molecule has 1 heterocycles. The van der Waals surface area contributed by atoms with Gasteiger partial charge >= 0.3 is 0 Å². The van der Waals surface area contributed by atoms with Crippen LogP contribution in [-0.2, 0) is 4.79 Å². The summed E-state index contributed by atoms with van der Waals surface area (Å²) in [4.78, 5) is 24.2. The fourth-order valence-electron chi connectivity index (χ4n) is 1.72. The summed E-state index contributed by atoms with van der Waals surface area (Å²) in [6.45, 7) is 2.29. The Morgan fingerprint density at radius 2 is 2.10 bits per heavy atom. The van der Waals surface area contributed by atoms with E-state index in [0.717, 1.165) is 15.7 Å². The van der Waals surface area contributed by atoms with E-state index in [2.05, 4.69) is 26.6 Å². The number of anilines is 1. The predicted molar refractivity (Wildman–Crippen MR) is 88.8 cm³/mol. The smallest absolute Gasteiger partial charge is 0.261 e. The Kier molecular flexibility index (Phi) is 5.52. The minimum atomic E-state index is -0.144. The summed E-state index contributed by atoms with van der Waals surface area (Å²) in [7, 11) is 0. The number of nitrogens with one attached hydrogen (secondary N) is 2. The first-order valence-electron chi connectivity index (χ1n) is 6.44. The van der Waals surface area contributed by atoms with Crippen LogP contribution in [0.5, 0.6) is 0 Å². The molecule has 0 aliphatic rings. The Labute approximate surface area is 135 Å². The minimum Gasteiger partial charge on any atom is -0.351 e. The lowest BCUT2D eigenvalue weighted by Gasteiger charge is -2.08. The number of aryl methyl sites for hydroxylation is 1. The highest BCUT2D eigenvalue weighted by atomic mass is 79.9. The molecule has 1 aromatic heterocycles. The van der Waals surface area contributed by atoms with Gasteiger partial charge in [0.1, 0.15) is 0 Å². The standard InChI is InChI=1S/C15H15BrN2O2S/c1-10-4-5-12(11(16)9-10)18-14(19)6-7-17-15(20)13-3-2-8-21-13/h2-5,8-9H,6-7H2,1H3,(H,17,20)(H,18,19). The maximum absolute atomic E-state index is 11.8. The summed E-state index contributed by atoms with van der Waals surface area (Å²) < 4.78 is 0.846. The zero-order valence-electron chi connectivity index (χ0n) is 11.5. The highest BCUT2D eigenvalue weighted by molar-refractivity contribution is 9.10. The summed E-state index contributed by atoms with van der Waals surface area (Å²) in [6.07, 6.45) is 0.234. The van der Waals surface area contributed by atoms with Gasteiger partial charge in [0.2, 0.25) is 5.91 Å². The zero-order chi connectivity index (χ0) is 15.2. The third-order valence-corrected chi connectivity index (χ3v) is 4.31. The monoisotopic (exact) mass is 366 g/mol. The molecule has 110 valence electrons. The van der Waals surface area contributed by atoms with Crippen molar-refractivity contribution in [2.24, 2.45) is 0 Å². The van der Waals surface area contributed by atoms with Gasteiger partial charge in [-0.1, -0.05) is 12.1 Å². The predicted octanol–water partition coefficient (Wildman–Crippen LogP) is 3.58. The summed E-state index contributed by atoms with van der Waals surface area (Å²) in [5.41, 5.74) is 1.85. The van der Waals surface area contributed by atoms with E-state index in [1.165, 1.54) is 11.3 Å². The van der Waals surface area contributed by atoms with E-state index >= 15 is 0 Å². The molecule has 0 saturated heterocycles. The molecule has 0 spiro atoms. The van der Waals surface area contributed by atoms with Gasteiger partial charge in [-0.05, 0) is 52.0 Å². The average Bonchev–Trinajstić information content (AvgIpc) is 2.96. The molecule has 2 aromatic rings. The van der Waals surface area contributed by atoms with Gasteiger partial charge in [-0.15, -0.1) is 11.3 Å². The van der Waals surface area contributed by atoms with E-state index in [4.69, 9.17) is 0 Å². The van der Waals surface area contributed by atoms with Crippen molar-refractivity contribution in [3.63, 3.8) is 0 Å². The number of hydrogen-bond acceptors (Lipinski definition) is 3. The molecular formula is C15H15BrN2O2S. The molecule has 0 fully saturated rings. The second kappa shape index (κ2) is 7.38. The summed E-state index contributed by atoms with van der Waals surface area (Å²) in [5, 5.41) is 7.38. The SMILES string of the molecule is Cc1ccc(NC(=O)CCNC(=O)c2cccs2)c(Br)c1. The number of thiophene rings is 1. The fourth-order valence-corrected chi connectivity index (χ4v) is 2.95. The fraction of sp³-hybridized carbons (Fsp3) is 0.200. The van der Waals surface area contributed by atoms with Crippen LogP contribution in [0.3, 0.4) is 0 Å². The second-order valence-corrected chi connectivity index (χ2v) is 6.32. The Balaban J connectivity index is 1.78. The third kappa shape index (κ3) is 4.68. The molecule has 0 bridgehead atoms. The van der Waals surface area contributed by atoms with Crippen molar-refractivity contribution in [3.05, 3.63) is 50.6 Å². The first-order valence-corrected chi connectivity index (χ1v) is 8.11. The molecule has 0 atom stereocenters. The van der Waals surface area contributed by atoms with Gasteiger partial charge in [0.25, 0.3) is 5.91 Å². The normalized spacial score (nSPS) is 10.2. The zero-order valence-corrected chi connectivity index (χ0v) is 13.9. The van der Waals surface area contributed by atoms with Crippen molar-refractivity contribution in [1.29, 1.82) is 0 Å². The third-order valence-electron chi connectivity index (χ3n) is 2.78. The van der Waals surface area contributed by atoms with Crippen LogP contribution in [0.15, 0.2) is 40.2 Å². The second-order valence-electron chi connectivity index (χ2n) is 4.51. The van der Waals surface area contributed by atoms with E-state index in [1.54, 1.807) is 6.07 Å². The number of benzene rings is 1. The van der Waals surface area contributed by atoms with Crippen molar-refractivity contribution in [2.45, 2.75) is 13.3 Å². The average molecular weight is 367 g/mol. The summed E-state index contributed by atoms with van der Waals surface area (Å²) in [5.74, 6) is -0.277. The molecule has 2 rings (SSSR count). The van der Waals surface area contributed by atoms with Crippen molar-refractivity contribution in [1.82, 2.24) is 5.32 Å². The summed E-state index contributed by atoms with van der Waals surface area (Å²) >= 11 is 4.79. The lowest BCUT2D eigenvalue weighted by Crippen LogP contribution is -2.27. The van der Waals surface area contributed by atoms with Crippen molar-refractivity contribution in [3.8, 4) is 0 Å². The van der Waals surface area contributed by atoms with Gasteiger partial charge < -0.3 is 10.6 Å². The molecule has 0 aliphatic carbocycles. The first kappa shape index (κ1) is 15.7. The number of halogens is 1. The van der Waals surface area contributed by atoms with Crippen LogP contribution < -0.4 is 10.6 Å². The van der Waals surface area contributed by atoms with Crippen LogP contribution >= 0.6 is 27.3 Å². The molecule has 2 N–H and O–H groups in total. The van der Waals surface area contributed by atoms with E-state index in [-0.39, 0.29) is 18.2 Å². The van der Waals surface area contributed by atoms with Gasteiger partial charge in [-0.2, -0.15) is 0 Å². The van der Waals surface area contributed by atoms with Crippen LogP contribution in [0.4, 0.5) is 5.69 Å². The van der Waals surface area contributed by atoms with Crippen LogP contribution in [0, 0.1) is 6.92 Å². The van der Waals surface area contributed by atoms with Crippen LogP contribution in [0.2, 0.25) is 0 Å². The van der Waals surface area contributed by atoms with E-state index in [1.807, 2.05) is 36.6 Å². The Morgan fingerprint density at radius 1 is 1.29 bits per heavy atom. The van der Waals surface area contributed by atoms with Crippen LogP contribution in [-0.4, -0.2) is 18.4 Å². The maximum atomic E-state index is 11.8. The molecule has 21 heavy (non-hydrogen) atoms. The highest BCUT2D eigenvalue weighted by Gasteiger charge is 2.08. The molecule has 0 radical (unpaired) electrons. The molecule has 0 unspecified atom stereocenters. The minimum absolute atomic E-state index is 0.133. The maximum Gasteiger partial charge on any atom is 0.261 e. The quantitative estimate of drug-likeness (QED) is 0.849. The molecule has 4 nitrogen and oxygen atoms in total. The Bertz CT molecular complexity index is 641. The lowest BCUT2D eigenvalue weighted by molar-refractivity contribution is -0.116. The van der Waals surface area contributed by atoms with E-state index in [9.17, 15) is 9.59 Å². The highest BCUT2D eigenvalue weighted by Crippen LogP contribution is 2.23. The molecular weight excluding hydrogens is 352 g/mol. The van der Waals surface area contributed by atoms with Gasteiger partial charge in [-0.3, -0.25) is 9.59 Å². The number of carbonyl (C=O) groups is 2. The van der Waals surface area contributed by atoms with Gasteiger partial charge in [0, 0.05) is 17.4 Å². The number of amides is 2. The number of carbonyl (C=O) groups excluding carboxylic acids is 2. The van der Waals surface area contributed by atoms with Gasteiger partial charge in [0.15, 0.2) is 0 Å². The molecule has 6 heteroatoms. The summed E-state index contributed by atoms with van der Waals surface area (Å²) in [6, 6.07) is 9.29. The van der Waals surface area contributed by atoms with Crippen molar-refractivity contribution in [2.75, 3.05) is 11.9 Å². The van der Waals surface area contributed by atoms with Crippen LogP contribution in [0.1, 0.15) is 21.7 Å². The molecule has 0 aliphatic heterocycles. The van der Waals surface area contributed by atoms with Gasteiger partial charge in [-0.25, -0.2) is 0 Å². The van der Waals surface area contributed by atoms with E-state index in [0.29, 0.717) is 11.4 Å². The molecule has 2 amide bonds. The Hall–Kier alpha value is -1.66. The topological polar surface area (TPSA) is 58.2 Å². The molecule has 1 aromatic carbocycles.